The Labute approximate surface area is 43.8 Å². The molecule has 33 valence electrons. The first kappa shape index (κ1) is 4.38. The molecule has 0 atom stereocenters. The molecule has 1 aromatic rings. The van der Waals surface area contributed by atoms with Gasteiger partial charge in [0, 0.05) is 0 Å². The van der Waals surface area contributed by atoms with Crippen LogP contribution in [0.15, 0.2) is 12.1 Å². The van der Waals surface area contributed by atoms with Crippen LogP contribution in [-0.4, -0.2) is 0 Å². The van der Waals surface area contributed by atoms with E-state index in [2.05, 4.69) is 18.2 Å². The summed E-state index contributed by atoms with van der Waals surface area (Å²) in [5, 5.41) is 0. The van der Waals surface area contributed by atoms with Crippen LogP contribution in [0.2, 0.25) is 0 Å². The predicted octanol–water partition coefficient (Wildman–Crippen LogP) is 1.40. The Morgan fingerprint density at radius 1 is 1.29 bits per heavy atom. The van der Waals surface area contributed by atoms with Gasteiger partial charge < -0.3 is 0 Å². The molecule has 1 rings (SSSR count). The van der Waals surface area contributed by atoms with Gasteiger partial charge in [-0.1, -0.05) is 12.1 Å². The summed E-state index contributed by atoms with van der Waals surface area (Å²) in [6, 6.07) is 12.0. The Bertz CT molecular complexity index is 130. The summed E-state index contributed by atoms with van der Waals surface area (Å²) in [6.45, 7) is 2.00. The second kappa shape index (κ2) is 1.78. The molecule has 0 aliphatic rings. The Kier molecular flexibility index (Phi) is 1.12. The van der Waals surface area contributed by atoms with Crippen LogP contribution < -0.4 is 0 Å². The molecular weight excluding hydrogens is 84.1 g/mol. The minimum atomic E-state index is 1.18. The van der Waals surface area contributed by atoms with E-state index in [1.165, 1.54) is 5.56 Å². The Morgan fingerprint density at radius 2 is 1.86 bits per heavy atom. The standard InChI is InChI=1S/C7H5/c1-7-5-3-2-4-6-7/h5-6H,1H3. The van der Waals surface area contributed by atoms with Gasteiger partial charge in [-0.2, -0.15) is 0 Å². The smallest absolute Gasteiger partial charge is 0.00137 e. The molecule has 0 fully saturated rings. The van der Waals surface area contributed by atoms with Crippen LogP contribution in [0.4, 0.5) is 0 Å². The van der Waals surface area contributed by atoms with Crippen LogP contribution >= 0.6 is 0 Å². The van der Waals surface area contributed by atoms with Crippen molar-refractivity contribution in [1.82, 2.24) is 0 Å². The molecule has 0 N–H and O–H groups in total. The van der Waals surface area contributed by atoms with Crippen molar-refractivity contribution in [1.29, 1.82) is 0 Å². The van der Waals surface area contributed by atoms with E-state index >= 15 is 0 Å². The van der Waals surface area contributed by atoms with Gasteiger partial charge in [0.05, 0.1) is 0 Å². The number of rotatable bonds is 0. The van der Waals surface area contributed by atoms with Crippen LogP contribution in [0.5, 0.6) is 0 Å². The third-order valence-electron chi connectivity index (χ3n) is 0.744. The summed E-state index contributed by atoms with van der Waals surface area (Å²) < 4.78 is 0. The van der Waals surface area contributed by atoms with Gasteiger partial charge in [0.2, 0.25) is 0 Å². The number of hydrogen-bond acceptors (Lipinski definition) is 0. The molecule has 0 bridgehead atoms. The number of hydrogen-bond donors (Lipinski definition) is 0. The van der Waals surface area contributed by atoms with Crippen molar-refractivity contribution in [3.8, 4) is 0 Å². The topological polar surface area (TPSA) is 0 Å². The van der Waals surface area contributed by atoms with Gasteiger partial charge in [-0.15, -0.1) is 0 Å². The van der Waals surface area contributed by atoms with Crippen molar-refractivity contribution in [2.24, 2.45) is 0 Å². The quantitative estimate of drug-likeness (QED) is 0.450. The number of aryl methyl sites for hydroxylation is 1. The van der Waals surface area contributed by atoms with Gasteiger partial charge >= 0.3 is 0 Å². The van der Waals surface area contributed by atoms with E-state index in [0.717, 1.165) is 0 Å². The first-order chi connectivity index (χ1) is 3.39. The minimum absolute atomic E-state index is 1.18. The van der Waals surface area contributed by atoms with Gasteiger partial charge in [-0.25, -0.2) is 0 Å². The average Bonchev–Trinajstić information content (AvgIpc) is 1.69. The molecule has 0 aliphatic carbocycles. The normalized spacial score (nSPS) is 8.71. The molecule has 7 heavy (non-hydrogen) atoms. The lowest BCUT2D eigenvalue weighted by molar-refractivity contribution is 1.46. The van der Waals surface area contributed by atoms with Gasteiger partial charge in [0.1, 0.15) is 0 Å². The fraction of sp³-hybridized carbons (Fsp3) is 0.143. The highest BCUT2D eigenvalue weighted by Crippen LogP contribution is 1.89. The molecule has 3 radical (unpaired) electrons. The van der Waals surface area contributed by atoms with Crippen LogP contribution in [0.25, 0.3) is 0 Å². The summed E-state index contributed by atoms with van der Waals surface area (Å²) in [5.74, 6) is 0. The van der Waals surface area contributed by atoms with Gasteiger partial charge in [-0.05, 0) is 30.7 Å². The van der Waals surface area contributed by atoms with E-state index in [1.54, 1.807) is 0 Å². The lowest BCUT2D eigenvalue weighted by Gasteiger charge is -1.80. The molecule has 1 aromatic carbocycles. The zero-order valence-corrected chi connectivity index (χ0v) is 4.15. The highest BCUT2D eigenvalue weighted by Gasteiger charge is 1.74. The molecular formula is C7H5. The van der Waals surface area contributed by atoms with Gasteiger partial charge in [0.15, 0.2) is 0 Å². The van der Waals surface area contributed by atoms with E-state index in [9.17, 15) is 0 Å². The highest BCUT2D eigenvalue weighted by atomic mass is 13.8. The van der Waals surface area contributed by atoms with E-state index in [0.29, 0.717) is 0 Å². The highest BCUT2D eigenvalue weighted by molar-refractivity contribution is 5.08. The maximum atomic E-state index is 2.78. The van der Waals surface area contributed by atoms with Crippen molar-refractivity contribution in [2.45, 2.75) is 6.92 Å². The monoisotopic (exact) mass is 89.0 g/mol. The molecule has 0 saturated heterocycles. The van der Waals surface area contributed by atoms with Crippen molar-refractivity contribution >= 4 is 0 Å². The zero-order valence-electron chi connectivity index (χ0n) is 4.15. The molecule has 0 aliphatic heterocycles. The minimum Gasteiger partial charge on any atom is -0.0507 e. The number of benzene rings is 1. The average molecular weight is 89.1 g/mol. The second-order valence-corrected chi connectivity index (χ2v) is 1.45. The Hall–Kier alpha value is -0.780. The Morgan fingerprint density at radius 3 is 2.14 bits per heavy atom. The molecule has 0 heterocycles. The first-order valence-electron chi connectivity index (χ1n) is 2.15. The first-order valence-corrected chi connectivity index (χ1v) is 2.15. The van der Waals surface area contributed by atoms with Gasteiger partial charge in [-0.3, -0.25) is 0 Å². The molecule has 0 saturated carbocycles. The predicted molar refractivity (Wildman–Crippen MR) is 27.7 cm³/mol. The van der Waals surface area contributed by atoms with E-state index < -0.39 is 0 Å². The van der Waals surface area contributed by atoms with E-state index in [-0.39, 0.29) is 0 Å². The second-order valence-electron chi connectivity index (χ2n) is 1.45. The molecule has 0 spiro atoms. The molecule has 0 amide bonds. The SMILES string of the molecule is Cc1c[c][c][c]c1. The lowest BCUT2D eigenvalue weighted by Crippen LogP contribution is -1.65. The van der Waals surface area contributed by atoms with Crippen LogP contribution in [-0.2, 0) is 0 Å². The largest absolute Gasteiger partial charge is 0.0507 e. The summed E-state index contributed by atoms with van der Waals surface area (Å²) in [5.41, 5.74) is 1.18. The fourth-order valence-electron chi connectivity index (χ4n) is 0.383. The summed E-state index contributed by atoms with van der Waals surface area (Å²) in [6.07, 6.45) is 0. The van der Waals surface area contributed by atoms with Crippen LogP contribution in [0.3, 0.4) is 0 Å². The fourth-order valence-corrected chi connectivity index (χ4v) is 0.383. The third-order valence-corrected chi connectivity index (χ3v) is 0.744. The van der Waals surface area contributed by atoms with Crippen molar-refractivity contribution in [2.75, 3.05) is 0 Å². The van der Waals surface area contributed by atoms with Crippen molar-refractivity contribution in [3.63, 3.8) is 0 Å². The maximum Gasteiger partial charge on any atom is -0.00137 e. The van der Waals surface area contributed by atoms with E-state index in [1.807, 2.05) is 19.1 Å². The van der Waals surface area contributed by atoms with Gasteiger partial charge in [0.25, 0.3) is 0 Å². The van der Waals surface area contributed by atoms with Crippen molar-refractivity contribution < 1.29 is 0 Å². The molecule has 0 aromatic heterocycles. The van der Waals surface area contributed by atoms with Crippen LogP contribution in [0, 0.1) is 25.1 Å². The molecule has 0 nitrogen and oxygen atoms in total. The lowest BCUT2D eigenvalue weighted by atomic mass is 10.2. The molecule has 0 unspecified atom stereocenters. The maximum absolute atomic E-state index is 2.78. The summed E-state index contributed by atoms with van der Waals surface area (Å²) >= 11 is 0. The summed E-state index contributed by atoms with van der Waals surface area (Å²) in [4.78, 5) is 0. The molecule has 0 heteroatoms. The Balaban J connectivity index is 3.02. The van der Waals surface area contributed by atoms with Crippen molar-refractivity contribution in [3.05, 3.63) is 35.9 Å². The zero-order chi connectivity index (χ0) is 5.11. The third kappa shape index (κ3) is 1.04. The van der Waals surface area contributed by atoms with E-state index in [4.69, 9.17) is 0 Å². The van der Waals surface area contributed by atoms with Crippen LogP contribution in [0.1, 0.15) is 5.56 Å². The summed E-state index contributed by atoms with van der Waals surface area (Å²) in [7, 11) is 0.